The largest absolute Gasteiger partial charge is 0.497 e. The van der Waals surface area contributed by atoms with Gasteiger partial charge in [-0.1, -0.05) is 0 Å². The highest BCUT2D eigenvalue weighted by atomic mass is 16.5. The third kappa shape index (κ3) is 2.74. The standard InChI is InChI=1S/C17H18N2O3/c1-22-15-7-5-14(6-8-15)19-12-13(4-9-16(19)20)17(21)18-10-2-3-11-18/h4-9,12H,2-3,10-11H2,1H3. The van der Waals surface area contributed by atoms with Crippen molar-refractivity contribution in [1.29, 1.82) is 0 Å². The van der Waals surface area contributed by atoms with Crippen LogP contribution in [-0.2, 0) is 0 Å². The first-order valence-corrected chi connectivity index (χ1v) is 7.35. The molecule has 1 aromatic heterocycles. The molecule has 0 aliphatic carbocycles. The van der Waals surface area contributed by atoms with Crippen molar-refractivity contribution in [3.05, 3.63) is 58.5 Å². The number of nitrogens with zero attached hydrogens (tertiary/aromatic N) is 2. The Bertz CT molecular complexity index is 728. The molecule has 114 valence electrons. The highest BCUT2D eigenvalue weighted by Gasteiger charge is 2.20. The van der Waals surface area contributed by atoms with Gasteiger partial charge in [-0.05, 0) is 43.2 Å². The molecule has 2 heterocycles. The maximum Gasteiger partial charge on any atom is 0.255 e. The van der Waals surface area contributed by atoms with Crippen molar-refractivity contribution < 1.29 is 9.53 Å². The molecule has 0 N–H and O–H groups in total. The first kappa shape index (κ1) is 14.4. The van der Waals surface area contributed by atoms with Gasteiger partial charge >= 0.3 is 0 Å². The molecule has 1 fully saturated rings. The molecule has 0 bridgehead atoms. The van der Waals surface area contributed by atoms with Crippen molar-refractivity contribution in [2.75, 3.05) is 20.2 Å². The van der Waals surface area contributed by atoms with Crippen LogP contribution in [0.15, 0.2) is 47.4 Å². The van der Waals surface area contributed by atoms with E-state index in [0.717, 1.165) is 31.7 Å². The summed E-state index contributed by atoms with van der Waals surface area (Å²) in [5.41, 5.74) is 1.09. The van der Waals surface area contributed by atoms with Crippen LogP contribution in [0.5, 0.6) is 5.75 Å². The summed E-state index contributed by atoms with van der Waals surface area (Å²) >= 11 is 0. The number of carbonyl (C=O) groups excluding carboxylic acids is 1. The van der Waals surface area contributed by atoms with E-state index in [1.54, 1.807) is 43.6 Å². The molecule has 5 heteroatoms. The van der Waals surface area contributed by atoms with Crippen LogP contribution >= 0.6 is 0 Å². The SMILES string of the molecule is COc1ccc(-n2cc(C(=O)N3CCCC3)ccc2=O)cc1. The quantitative estimate of drug-likeness (QED) is 0.872. The van der Waals surface area contributed by atoms with Gasteiger partial charge in [0.1, 0.15) is 5.75 Å². The highest BCUT2D eigenvalue weighted by molar-refractivity contribution is 5.94. The Balaban J connectivity index is 1.95. The minimum atomic E-state index is -0.164. The molecule has 1 aliphatic rings. The Labute approximate surface area is 128 Å². The fourth-order valence-electron chi connectivity index (χ4n) is 2.66. The molecule has 0 atom stereocenters. The van der Waals surface area contributed by atoms with Gasteiger partial charge in [0, 0.05) is 31.0 Å². The van der Waals surface area contributed by atoms with E-state index in [4.69, 9.17) is 4.74 Å². The number of aromatic nitrogens is 1. The van der Waals surface area contributed by atoms with Gasteiger partial charge in [-0.3, -0.25) is 14.2 Å². The number of benzene rings is 1. The normalized spacial score (nSPS) is 14.1. The van der Waals surface area contributed by atoms with Gasteiger partial charge in [-0.15, -0.1) is 0 Å². The van der Waals surface area contributed by atoms with Gasteiger partial charge in [-0.2, -0.15) is 0 Å². The lowest BCUT2D eigenvalue weighted by atomic mass is 10.2. The fourth-order valence-corrected chi connectivity index (χ4v) is 2.66. The summed E-state index contributed by atoms with van der Waals surface area (Å²) in [5, 5.41) is 0. The summed E-state index contributed by atoms with van der Waals surface area (Å²) < 4.78 is 6.61. The van der Waals surface area contributed by atoms with Crippen LogP contribution < -0.4 is 10.3 Å². The van der Waals surface area contributed by atoms with Crippen LogP contribution in [0.25, 0.3) is 5.69 Å². The third-order valence-electron chi connectivity index (χ3n) is 3.90. The van der Waals surface area contributed by atoms with Crippen LogP contribution in [0.3, 0.4) is 0 Å². The maximum absolute atomic E-state index is 12.4. The van der Waals surface area contributed by atoms with Gasteiger partial charge in [-0.25, -0.2) is 0 Å². The van der Waals surface area contributed by atoms with E-state index in [0.29, 0.717) is 11.3 Å². The average Bonchev–Trinajstić information content (AvgIpc) is 3.09. The summed E-state index contributed by atoms with van der Waals surface area (Å²) in [6, 6.07) is 10.2. The second-order valence-corrected chi connectivity index (χ2v) is 5.32. The average molecular weight is 298 g/mol. The minimum absolute atomic E-state index is 0.0141. The lowest BCUT2D eigenvalue weighted by molar-refractivity contribution is 0.0792. The lowest BCUT2D eigenvalue weighted by Gasteiger charge is -2.16. The summed E-state index contributed by atoms with van der Waals surface area (Å²) in [6.45, 7) is 1.58. The van der Waals surface area contributed by atoms with E-state index in [2.05, 4.69) is 0 Å². The maximum atomic E-state index is 12.4. The topological polar surface area (TPSA) is 51.5 Å². The van der Waals surface area contributed by atoms with Crippen molar-refractivity contribution >= 4 is 5.91 Å². The van der Waals surface area contributed by atoms with Gasteiger partial charge in [0.05, 0.1) is 12.7 Å². The first-order valence-electron chi connectivity index (χ1n) is 7.35. The van der Waals surface area contributed by atoms with Gasteiger partial charge in [0.2, 0.25) is 0 Å². The molecule has 0 saturated carbocycles. The van der Waals surface area contributed by atoms with Crippen molar-refractivity contribution in [3.63, 3.8) is 0 Å². The van der Waals surface area contributed by atoms with Crippen molar-refractivity contribution in [3.8, 4) is 11.4 Å². The molecule has 2 aromatic rings. The Morgan fingerprint density at radius 3 is 2.36 bits per heavy atom. The Kier molecular flexibility index (Phi) is 3.96. The lowest BCUT2D eigenvalue weighted by Crippen LogP contribution is -2.29. The van der Waals surface area contributed by atoms with Crippen molar-refractivity contribution in [2.24, 2.45) is 0 Å². The molecule has 0 unspecified atom stereocenters. The summed E-state index contributed by atoms with van der Waals surface area (Å²) in [5.74, 6) is 0.709. The summed E-state index contributed by atoms with van der Waals surface area (Å²) in [7, 11) is 1.59. The molecule has 22 heavy (non-hydrogen) atoms. The molecule has 1 saturated heterocycles. The number of methoxy groups -OCH3 is 1. The number of likely N-dealkylation sites (tertiary alicyclic amines) is 1. The molecular formula is C17H18N2O3. The minimum Gasteiger partial charge on any atom is -0.497 e. The molecule has 0 radical (unpaired) electrons. The van der Waals surface area contributed by atoms with E-state index in [9.17, 15) is 9.59 Å². The second-order valence-electron chi connectivity index (χ2n) is 5.32. The second kappa shape index (κ2) is 6.05. The van der Waals surface area contributed by atoms with Crippen LogP contribution in [0.4, 0.5) is 0 Å². The third-order valence-corrected chi connectivity index (χ3v) is 3.90. The van der Waals surface area contributed by atoms with E-state index < -0.39 is 0 Å². The number of rotatable bonds is 3. The summed E-state index contributed by atoms with van der Waals surface area (Å²) in [4.78, 5) is 26.3. The highest BCUT2D eigenvalue weighted by Crippen LogP contribution is 2.16. The van der Waals surface area contributed by atoms with E-state index >= 15 is 0 Å². The number of amides is 1. The van der Waals surface area contributed by atoms with Crippen molar-refractivity contribution in [2.45, 2.75) is 12.8 Å². The predicted molar refractivity (Wildman–Crippen MR) is 83.7 cm³/mol. The van der Waals surface area contributed by atoms with Gasteiger partial charge < -0.3 is 9.64 Å². The monoisotopic (exact) mass is 298 g/mol. The van der Waals surface area contributed by atoms with Gasteiger partial charge in [0.25, 0.3) is 11.5 Å². The van der Waals surface area contributed by atoms with Crippen LogP contribution in [0.1, 0.15) is 23.2 Å². The number of ether oxygens (including phenoxy) is 1. The first-order chi connectivity index (χ1) is 10.7. The van der Waals surface area contributed by atoms with E-state index in [1.165, 1.54) is 10.6 Å². The molecular weight excluding hydrogens is 280 g/mol. The smallest absolute Gasteiger partial charge is 0.255 e. The number of hydrogen-bond donors (Lipinski definition) is 0. The molecule has 0 spiro atoms. The molecule has 1 aromatic carbocycles. The van der Waals surface area contributed by atoms with Crippen LogP contribution in [-0.4, -0.2) is 35.6 Å². The molecule has 5 nitrogen and oxygen atoms in total. The van der Waals surface area contributed by atoms with E-state index in [1.807, 2.05) is 4.90 Å². The predicted octanol–water partition coefficient (Wildman–Crippen LogP) is 2.08. The number of carbonyl (C=O) groups is 1. The Morgan fingerprint density at radius 1 is 1.05 bits per heavy atom. The number of pyridine rings is 1. The fraction of sp³-hybridized carbons (Fsp3) is 0.294. The van der Waals surface area contributed by atoms with Crippen LogP contribution in [0, 0.1) is 0 Å². The summed E-state index contributed by atoms with van der Waals surface area (Å²) in [6.07, 6.45) is 3.71. The molecule has 3 rings (SSSR count). The van der Waals surface area contributed by atoms with Crippen LogP contribution in [0.2, 0.25) is 0 Å². The Morgan fingerprint density at radius 2 is 1.73 bits per heavy atom. The zero-order valence-corrected chi connectivity index (χ0v) is 12.5. The van der Waals surface area contributed by atoms with Gasteiger partial charge in [0.15, 0.2) is 0 Å². The number of hydrogen-bond acceptors (Lipinski definition) is 3. The zero-order chi connectivity index (χ0) is 15.5. The van der Waals surface area contributed by atoms with E-state index in [-0.39, 0.29) is 11.5 Å². The zero-order valence-electron chi connectivity index (χ0n) is 12.5. The molecule has 1 amide bonds. The Hall–Kier alpha value is -2.56. The van der Waals surface area contributed by atoms with Crippen molar-refractivity contribution in [1.82, 2.24) is 9.47 Å². The molecule has 1 aliphatic heterocycles.